The summed E-state index contributed by atoms with van der Waals surface area (Å²) in [5.74, 6) is 0.281. The van der Waals surface area contributed by atoms with Crippen molar-refractivity contribution >= 4 is 17.4 Å². The van der Waals surface area contributed by atoms with Crippen LogP contribution in [0.15, 0.2) is 42.6 Å². The minimum Gasteiger partial charge on any atom is -0.347 e. The summed E-state index contributed by atoms with van der Waals surface area (Å²) < 4.78 is 11.5. The predicted octanol–water partition coefficient (Wildman–Crippen LogP) is 3.37. The van der Waals surface area contributed by atoms with Crippen molar-refractivity contribution in [2.75, 3.05) is 31.6 Å². The summed E-state index contributed by atoms with van der Waals surface area (Å²) in [5.41, 5.74) is 2.89. The highest BCUT2D eigenvalue weighted by molar-refractivity contribution is 5.94. The van der Waals surface area contributed by atoms with E-state index in [1.165, 1.54) is 5.56 Å². The number of aromatic nitrogens is 1. The maximum absolute atomic E-state index is 12.8. The number of likely N-dealkylation sites (tertiary alicyclic amines) is 1. The van der Waals surface area contributed by atoms with Crippen LogP contribution in [0.4, 0.5) is 11.5 Å². The Bertz CT molecular complexity index is 791. The van der Waals surface area contributed by atoms with Crippen molar-refractivity contribution in [2.24, 2.45) is 0 Å². The number of piperidine rings is 1. The molecule has 1 N–H and O–H groups in total. The van der Waals surface area contributed by atoms with E-state index in [1.54, 1.807) is 6.20 Å². The first-order valence-electron chi connectivity index (χ1n) is 9.57. The van der Waals surface area contributed by atoms with Gasteiger partial charge in [-0.1, -0.05) is 25.1 Å². The molecule has 2 aliphatic heterocycles. The Balaban J connectivity index is 1.39. The van der Waals surface area contributed by atoms with Crippen molar-refractivity contribution in [3.8, 4) is 0 Å². The fourth-order valence-electron chi connectivity index (χ4n) is 3.70. The highest BCUT2D eigenvalue weighted by atomic mass is 16.7. The molecular formula is C21H25N3O3. The first-order chi connectivity index (χ1) is 13.2. The maximum Gasteiger partial charge on any atom is 0.255 e. The van der Waals surface area contributed by atoms with Gasteiger partial charge < -0.3 is 19.7 Å². The van der Waals surface area contributed by atoms with Crippen LogP contribution in [0.1, 0.15) is 35.7 Å². The Hall–Kier alpha value is -2.44. The van der Waals surface area contributed by atoms with Gasteiger partial charge >= 0.3 is 0 Å². The summed E-state index contributed by atoms with van der Waals surface area (Å²) in [6, 6.07) is 11.9. The summed E-state index contributed by atoms with van der Waals surface area (Å²) in [5, 5.41) is 3.33. The Kier molecular flexibility index (Phi) is 5.09. The van der Waals surface area contributed by atoms with Crippen LogP contribution in [0.5, 0.6) is 0 Å². The van der Waals surface area contributed by atoms with E-state index in [0.717, 1.165) is 30.8 Å². The van der Waals surface area contributed by atoms with E-state index in [9.17, 15) is 4.79 Å². The molecule has 6 nitrogen and oxygen atoms in total. The quantitative estimate of drug-likeness (QED) is 0.898. The molecule has 0 unspecified atom stereocenters. The van der Waals surface area contributed by atoms with E-state index in [0.29, 0.717) is 31.9 Å². The highest BCUT2D eigenvalue weighted by Crippen LogP contribution is 2.31. The van der Waals surface area contributed by atoms with E-state index >= 15 is 0 Å². The third kappa shape index (κ3) is 3.82. The van der Waals surface area contributed by atoms with Gasteiger partial charge in [-0.05, 0) is 30.2 Å². The fourth-order valence-corrected chi connectivity index (χ4v) is 3.70. The molecule has 1 aromatic heterocycles. The number of rotatable bonds is 4. The highest BCUT2D eigenvalue weighted by Gasteiger charge is 2.40. The van der Waals surface area contributed by atoms with E-state index in [4.69, 9.17) is 9.47 Å². The van der Waals surface area contributed by atoms with Gasteiger partial charge in [-0.25, -0.2) is 4.98 Å². The summed E-state index contributed by atoms with van der Waals surface area (Å²) >= 11 is 0. The van der Waals surface area contributed by atoms with Crippen molar-refractivity contribution in [1.82, 2.24) is 9.88 Å². The van der Waals surface area contributed by atoms with Crippen molar-refractivity contribution in [1.29, 1.82) is 0 Å². The number of carbonyl (C=O) groups is 1. The van der Waals surface area contributed by atoms with Crippen LogP contribution in [0.3, 0.4) is 0 Å². The van der Waals surface area contributed by atoms with Crippen LogP contribution in [-0.2, 0) is 15.9 Å². The monoisotopic (exact) mass is 367 g/mol. The van der Waals surface area contributed by atoms with E-state index in [2.05, 4.69) is 23.3 Å². The number of para-hydroxylation sites is 1. The number of nitrogens with one attached hydrogen (secondary N) is 1. The molecule has 1 amide bonds. The van der Waals surface area contributed by atoms with Crippen molar-refractivity contribution in [3.63, 3.8) is 0 Å². The third-order valence-electron chi connectivity index (χ3n) is 5.30. The molecule has 2 aliphatic rings. The van der Waals surface area contributed by atoms with Crippen LogP contribution in [0.25, 0.3) is 0 Å². The molecule has 2 fully saturated rings. The van der Waals surface area contributed by atoms with Gasteiger partial charge in [-0.2, -0.15) is 0 Å². The van der Waals surface area contributed by atoms with Crippen molar-refractivity contribution in [3.05, 3.63) is 53.7 Å². The molecule has 0 atom stereocenters. The van der Waals surface area contributed by atoms with Gasteiger partial charge in [0.05, 0.1) is 18.8 Å². The number of pyridine rings is 1. The van der Waals surface area contributed by atoms with Gasteiger partial charge in [0.2, 0.25) is 0 Å². The number of hydrogen-bond acceptors (Lipinski definition) is 5. The van der Waals surface area contributed by atoms with Crippen molar-refractivity contribution in [2.45, 2.75) is 32.0 Å². The minimum absolute atomic E-state index is 0.0101. The number of carbonyl (C=O) groups excluding carboxylic acids is 1. The zero-order valence-electron chi connectivity index (χ0n) is 15.6. The van der Waals surface area contributed by atoms with E-state index < -0.39 is 5.79 Å². The second kappa shape index (κ2) is 7.66. The zero-order valence-corrected chi connectivity index (χ0v) is 15.6. The van der Waals surface area contributed by atoms with Gasteiger partial charge in [0.15, 0.2) is 5.79 Å². The topological polar surface area (TPSA) is 63.7 Å². The summed E-state index contributed by atoms with van der Waals surface area (Å²) in [4.78, 5) is 19.0. The number of hydrogen-bond donors (Lipinski definition) is 1. The first-order valence-corrected chi connectivity index (χ1v) is 9.57. The van der Waals surface area contributed by atoms with Crippen LogP contribution < -0.4 is 5.32 Å². The second-order valence-electron chi connectivity index (χ2n) is 6.97. The second-order valence-corrected chi connectivity index (χ2v) is 6.97. The molecule has 142 valence electrons. The van der Waals surface area contributed by atoms with Gasteiger partial charge in [0.25, 0.3) is 5.91 Å². The van der Waals surface area contributed by atoms with Crippen molar-refractivity contribution < 1.29 is 14.3 Å². The molecule has 0 bridgehead atoms. The number of aryl methyl sites for hydroxylation is 1. The van der Waals surface area contributed by atoms with Crippen LogP contribution >= 0.6 is 0 Å². The lowest BCUT2D eigenvalue weighted by molar-refractivity contribution is -0.181. The summed E-state index contributed by atoms with van der Waals surface area (Å²) in [7, 11) is 0. The number of ether oxygens (including phenoxy) is 2. The molecule has 0 saturated carbocycles. The molecule has 1 spiro atoms. The Morgan fingerprint density at radius 2 is 1.89 bits per heavy atom. The molecule has 4 rings (SSSR count). The van der Waals surface area contributed by atoms with Crippen LogP contribution in [-0.4, -0.2) is 47.9 Å². The lowest BCUT2D eigenvalue weighted by Crippen LogP contribution is -2.47. The average molecular weight is 367 g/mol. The van der Waals surface area contributed by atoms with Gasteiger partial charge in [0.1, 0.15) is 5.82 Å². The van der Waals surface area contributed by atoms with Crippen LogP contribution in [0.2, 0.25) is 0 Å². The zero-order chi connectivity index (χ0) is 18.7. The summed E-state index contributed by atoms with van der Waals surface area (Å²) in [6.07, 6.45) is 4.04. The number of anilines is 2. The largest absolute Gasteiger partial charge is 0.347 e. The minimum atomic E-state index is -0.463. The van der Waals surface area contributed by atoms with E-state index in [1.807, 2.05) is 35.2 Å². The first kappa shape index (κ1) is 17.9. The fraction of sp³-hybridized carbons (Fsp3) is 0.429. The van der Waals surface area contributed by atoms with Gasteiger partial charge in [-0.15, -0.1) is 0 Å². The Morgan fingerprint density at radius 3 is 2.56 bits per heavy atom. The molecule has 1 aromatic carbocycles. The Labute approximate surface area is 159 Å². The Morgan fingerprint density at radius 1 is 1.15 bits per heavy atom. The standard InChI is InChI=1S/C21H25N3O3/c1-2-16-5-3-4-6-18(16)23-19-8-7-17(15-22-19)20(25)24-11-9-21(10-12-24)26-13-14-27-21/h3-8,15H,2,9-14H2,1H3,(H,22,23). The molecule has 0 aliphatic carbocycles. The van der Waals surface area contributed by atoms with Crippen LogP contribution in [0, 0.1) is 0 Å². The third-order valence-corrected chi connectivity index (χ3v) is 5.30. The molecule has 2 saturated heterocycles. The lowest BCUT2D eigenvalue weighted by atomic mass is 10.0. The average Bonchev–Trinajstić information content (AvgIpc) is 3.17. The molecule has 6 heteroatoms. The number of benzene rings is 1. The number of amides is 1. The molecule has 27 heavy (non-hydrogen) atoms. The van der Waals surface area contributed by atoms with Gasteiger partial charge in [0, 0.05) is 37.8 Å². The molecular weight excluding hydrogens is 342 g/mol. The molecule has 2 aromatic rings. The van der Waals surface area contributed by atoms with Gasteiger partial charge in [-0.3, -0.25) is 4.79 Å². The molecule has 0 radical (unpaired) electrons. The lowest BCUT2D eigenvalue weighted by Gasteiger charge is -2.37. The molecule has 3 heterocycles. The maximum atomic E-state index is 12.8. The predicted molar refractivity (Wildman–Crippen MR) is 103 cm³/mol. The SMILES string of the molecule is CCc1ccccc1Nc1ccc(C(=O)N2CCC3(CC2)OCCO3)cn1. The summed E-state index contributed by atoms with van der Waals surface area (Å²) in [6.45, 7) is 4.70. The smallest absolute Gasteiger partial charge is 0.255 e. The number of nitrogens with zero attached hydrogens (tertiary/aromatic N) is 2. The normalized spacial score (nSPS) is 18.6. The van der Waals surface area contributed by atoms with E-state index in [-0.39, 0.29) is 5.91 Å².